The maximum atomic E-state index is 12.2. The average molecular weight is 362 g/mol. The number of aldehydes is 1. The minimum atomic E-state index is -0.990. The van der Waals surface area contributed by atoms with Crippen molar-refractivity contribution in [3.8, 4) is 0 Å². The summed E-state index contributed by atoms with van der Waals surface area (Å²) in [6.07, 6.45) is 6.61. The van der Waals surface area contributed by atoms with Crippen molar-refractivity contribution in [2.45, 2.75) is 71.0 Å². The van der Waals surface area contributed by atoms with Crippen LogP contribution in [0, 0.1) is 11.8 Å². The van der Waals surface area contributed by atoms with Crippen molar-refractivity contribution in [3.63, 3.8) is 0 Å². The van der Waals surface area contributed by atoms with Crippen molar-refractivity contribution in [1.29, 1.82) is 0 Å². The topological polar surface area (TPSA) is 94.8 Å². The molecule has 0 aromatic rings. The molecule has 0 spiro atoms. The Morgan fingerprint density at radius 3 is 2.81 bits per heavy atom. The van der Waals surface area contributed by atoms with Gasteiger partial charge >= 0.3 is 0 Å². The minimum absolute atomic E-state index is 0.146. The van der Waals surface area contributed by atoms with Crippen LogP contribution < -0.4 is 0 Å². The van der Waals surface area contributed by atoms with Crippen molar-refractivity contribution in [3.05, 3.63) is 34.6 Å². The second-order valence-electron chi connectivity index (χ2n) is 7.91. The summed E-state index contributed by atoms with van der Waals surface area (Å²) in [4.78, 5) is 22.9. The molecule has 5 nitrogen and oxygen atoms in total. The molecular formula is C21H30O5. The van der Waals surface area contributed by atoms with E-state index in [1.54, 1.807) is 13.8 Å². The Bertz CT molecular complexity index is 653. The molecule has 0 radical (unpaired) electrons. The number of carbonyl (C=O) groups excluding carboxylic acids is 2. The normalized spacial score (nSPS) is 31.2. The molecule has 0 aromatic heterocycles. The summed E-state index contributed by atoms with van der Waals surface area (Å²) < 4.78 is 0. The maximum Gasteiger partial charge on any atom is 0.162 e. The van der Waals surface area contributed by atoms with E-state index in [1.807, 2.05) is 12.2 Å². The van der Waals surface area contributed by atoms with Crippen LogP contribution in [-0.2, 0) is 9.59 Å². The van der Waals surface area contributed by atoms with Crippen LogP contribution in [0.25, 0.3) is 0 Å². The van der Waals surface area contributed by atoms with Gasteiger partial charge in [-0.1, -0.05) is 24.6 Å². The van der Waals surface area contributed by atoms with Gasteiger partial charge in [-0.15, -0.1) is 0 Å². The molecule has 2 rings (SSSR count). The van der Waals surface area contributed by atoms with E-state index in [9.17, 15) is 24.9 Å². The van der Waals surface area contributed by atoms with Crippen LogP contribution in [-0.4, -0.2) is 39.1 Å². The fourth-order valence-corrected chi connectivity index (χ4v) is 3.95. The van der Waals surface area contributed by atoms with Gasteiger partial charge in [0.1, 0.15) is 18.1 Å². The monoisotopic (exact) mass is 362 g/mol. The molecule has 4 unspecified atom stereocenters. The molecule has 144 valence electrons. The van der Waals surface area contributed by atoms with Crippen molar-refractivity contribution < 1.29 is 24.9 Å². The number of aliphatic hydroxyl groups is 3. The molecule has 0 amide bonds. The van der Waals surface area contributed by atoms with E-state index in [4.69, 9.17) is 0 Å². The van der Waals surface area contributed by atoms with Gasteiger partial charge in [-0.3, -0.25) is 9.59 Å². The first kappa shape index (κ1) is 20.6. The van der Waals surface area contributed by atoms with Crippen LogP contribution in [0.4, 0.5) is 0 Å². The van der Waals surface area contributed by atoms with E-state index in [-0.39, 0.29) is 48.2 Å². The first-order valence-electron chi connectivity index (χ1n) is 9.35. The summed E-state index contributed by atoms with van der Waals surface area (Å²) in [5.74, 6) is -0.455. The number of aliphatic hydroxyl groups excluding tert-OH is 2. The van der Waals surface area contributed by atoms with Gasteiger partial charge in [0.15, 0.2) is 5.78 Å². The first-order chi connectivity index (χ1) is 12.2. The quantitative estimate of drug-likeness (QED) is 0.367. The van der Waals surface area contributed by atoms with Crippen LogP contribution in [0.15, 0.2) is 34.6 Å². The molecule has 0 fully saturated rings. The lowest BCUT2D eigenvalue weighted by atomic mass is 9.76. The van der Waals surface area contributed by atoms with Gasteiger partial charge in [0.2, 0.25) is 0 Å². The molecule has 0 aliphatic heterocycles. The van der Waals surface area contributed by atoms with Gasteiger partial charge in [-0.25, -0.2) is 0 Å². The Hall–Kier alpha value is -1.72. The number of Topliss-reactive ketones (excluding diaryl/α,β-unsaturated/α-hetero) is 1. The zero-order chi connectivity index (χ0) is 19.5. The van der Waals surface area contributed by atoms with Crippen molar-refractivity contribution in [2.75, 3.05) is 0 Å². The maximum absolute atomic E-state index is 12.2. The highest BCUT2D eigenvalue weighted by atomic mass is 16.3. The lowest BCUT2D eigenvalue weighted by Gasteiger charge is -2.32. The molecule has 2 aliphatic rings. The number of allylic oxidation sites excluding steroid dienone is 3. The number of hydrogen-bond acceptors (Lipinski definition) is 5. The van der Waals surface area contributed by atoms with Gasteiger partial charge < -0.3 is 15.3 Å². The first-order valence-corrected chi connectivity index (χ1v) is 9.35. The summed E-state index contributed by atoms with van der Waals surface area (Å²) in [5, 5.41) is 30.8. The summed E-state index contributed by atoms with van der Waals surface area (Å²) in [6, 6.07) is 0. The SMILES string of the molecule is C/C(C=O)=C/CCC(C)C1=CCC(C)(O)C1CC1=C(O)C(O)CCC1=O. The third-order valence-electron chi connectivity index (χ3n) is 5.74. The van der Waals surface area contributed by atoms with Crippen LogP contribution in [0.5, 0.6) is 0 Å². The smallest absolute Gasteiger partial charge is 0.162 e. The predicted octanol–water partition coefficient (Wildman–Crippen LogP) is 3.17. The number of rotatable bonds is 7. The fourth-order valence-electron chi connectivity index (χ4n) is 3.95. The molecule has 5 heteroatoms. The van der Waals surface area contributed by atoms with E-state index in [2.05, 4.69) is 6.92 Å². The van der Waals surface area contributed by atoms with E-state index in [1.165, 1.54) is 0 Å². The molecule has 4 atom stereocenters. The van der Waals surface area contributed by atoms with E-state index in [0.29, 0.717) is 12.0 Å². The average Bonchev–Trinajstić information content (AvgIpc) is 2.89. The van der Waals surface area contributed by atoms with Crippen molar-refractivity contribution >= 4 is 12.1 Å². The molecule has 0 bridgehead atoms. The van der Waals surface area contributed by atoms with Gasteiger partial charge in [-0.05, 0) is 57.4 Å². The molecule has 0 aromatic carbocycles. The molecule has 0 saturated heterocycles. The molecule has 0 saturated carbocycles. The predicted molar refractivity (Wildman–Crippen MR) is 99.6 cm³/mol. The lowest BCUT2D eigenvalue weighted by Crippen LogP contribution is -2.35. The van der Waals surface area contributed by atoms with Gasteiger partial charge in [-0.2, -0.15) is 0 Å². The minimum Gasteiger partial charge on any atom is -0.509 e. The van der Waals surface area contributed by atoms with Crippen molar-refractivity contribution in [2.24, 2.45) is 11.8 Å². The molecule has 3 N–H and O–H groups in total. The van der Waals surface area contributed by atoms with Gasteiger partial charge in [0.05, 0.1) is 5.60 Å². The number of hydrogen-bond donors (Lipinski definition) is 3. The molecule has 26 heavy (non-hydrogen) atoms. The standard InChI is InChI=1S/C21H30O5/c1-13(12-22)5-4-6-14(2)15-9-10-21(3,26)17(15)11-16-18(23)7-8-19(24)20(16)25/h5,9,12,14,17,19,24-26H,4,6-8,10-11H2,1-3H3/b13-5-. The van der Waals surface area contributed by atoms with E-state index < -0.39 is 11.7 Å². The summed E-state index contributed by atoms with van der Waals surface area (Å²) in [7, 11) is 0. The van der Waals surface area contributed by atoms with Crippen LogP contribution >= 0.6 is 0 Å². The second kappa shape index (κ2) is 8.31. The third kappa shape index (κ3) is 4.51. The van der Waals surface area contributed by atoms with E-state index >= 15 is 0 Å². The lowest BCUT2D eigenvalue weighted by molar-refractivity contribution is -0.117. The highest BCUT2D eigenvalue weighted by Crippen LogP contribution is 2.44. The Labute approximate surface area is 155 Å². The van der Waals surface area contributed by atoms with Crippen LogP contribution in [0.2, 0.25) is 0 Å². The Balaban J connectivity index is 2.16. The number of ketones is 1. The molecule has 2 aliphatic carbocycles. The van der Waals surface area contributed by atoms with Gasteiger partial charge in [0.25, 0.3) is 0 Å². The third-order valence-corrected chi connectivity index (χ3v) is 5.74. The summed E-state index contributed by atoms with van der Waals surface area (Å²) in [5.41, 5.74) is 1.07. The Morgan fingerprint density at radius 2 is 2.15 bits per heavy atom. The zero-order valence-electron chi connectivity index (χ0n) is 15.9. The summed E-state index contributed by atoms with van der Waals surface area (Å²) in [6.45, 7) is 5.61. The number of carbonyl (C=O) groups is 2. The highest BCUT2D eigenvalue weighted by Gasteiger charge is 2.42. The summed E-state index contributed by atoms with van der Waals surface area (Å²) >= 11 is 0. The van der Waals surface area contributed by atoms with E-state index in [0.717, 1.165) is 24.7 Å². The zero-order valence-corrected chi connectivity index (χ0v) is 15.9. The Kier molecular flexibility index (Phi) is 6.58. The fraction of sp³-hybridized carbons (Fsp3) is 0.619. The molecule has 0 heterocycles. The largest absolute Gasteiger partial charge is 0.509 e. The highest BCUT2D eigenvalue weighted by molar-refractivity contribution is 5.96. The Morgan fingerprint density at radius 1 is 1.46 bits per heavy atom. The van der Waals surface area contributed by atoms with Crippen LogP contribution in [0.3, 0.4) is 0 Å². The van der Waals surface area contributed by atoms with Crippen molar-refractivity contribution in [1.82, 2.24) is 0 Å². The molecular weight excluding hydrogens is 332 g/mol. The second-order valence-corrected chi connectivity index (χ2v) is 7.91. The van der Waals surface area contributed by atoms with Crippen LogP contribution in [0.1, 0.15) is 59.3 Å². The van der Waals surface area contributed by atoms with Gasteiger partial charge in [0, 0.05) is 17.9 Å².